The molecular formula is C14H14Cl2N4O2S. The Labute approximate surface area is 144 Å². The van der Waals surface area contributed by atoms with Crippen LogP contribution >= 0.6 is 23.2 Å². The van der Waals surface area contributed by atoms with Crippen LogP contribution in [0.4, 0.5) is 5.82 Å². The van der Waals surface area contributed by atoms with E-state index in [4.69, 9.17) is 23.2 Å². The molecule has 23 heavy (non-hydrogen) atoms. The Morgan fingerprint density at radius 1 is 1.04 bits per heavy atom. The number of anilines is 1. The molecule has 1 aliphatic rings. The number of rotatable bonds is 3. The van der Waals surface area contributed by atoms with Crippen LogP contribution in [-0.4, -0.2) is 48.9 Å². The highest BCUT2D eigenvalue weighted by atomic mass is 35.5. The molecule has 0 bridgehead atoms. The van der Waals surface area contributed by atoms with Gasteiger partial charge in [0, 0.05) is 43.6 Å². The smallest absolute Gasteiger partial charge is 0.244 e. The first-order valence-corrected chi connectivity index (χ1v) is 9.14. The van der Waals surface area contributed by atoms with Gasteiger partial charge >= 0.3 is 0 Å². The van der Waals surface area contributed by atoms with Crippen molar-refractivity contribution in [1.82, 2.24) is 14.3 Å². The first-order valence-electron chi connectivity index (χ1n) is 6.94. The van der Waals surface area contributed by atoms with Crippen LogP contribution in [0.5, 0.6) is 0 Å². The van der Waals surface area contributed by atoms with E-state index in [1.54, 1.807) is 18.6 Å². The van der Waals surface area contributed by atoms with Crippen LogP contribution < -0.4 is 4.90 Å². The summed E-state index contributed by atoms with van der Waals surface area (Å²) in [5, 5.41) is 0.537. The lowest BCUT2D eigenvalue weighted by molar-refractivity contribution is 0.383. The van der Waals surface area contributed by atoms with Crippen molar-refractivity contribution < 1.29 is 8.42 Å². The number of benzene rings is 1. The van der Waals surface area contributed by atoms with Gasteiger partial charge in [0.2, 0.25) is 10.0 Å². The van der Waals surface area contributed by atoms with Crippen molar-refractivity contribution in [2.75, 3.05) is 31.1 Å². The molecule has 0 spiro atoms. The zero-order valence-corrected chi connectivity index (χ0v) is 14.4. The Bertz CT molecular complexity index is 794. The molecule has 2 heterocycles. The molecule has 0 atom stereocenters. The van der Waals surface area contributed by atoms with Gasteiger partial charge < -0.3 is 4.90 Å². The maximum Gasteiger partial charge on any atom is 0.244 e. The molecule has 1 aliphatic heterocycles. The lowest BCUT2D eigenvalue weighted by Crippen LogP contribution is -2.49. The number of hydrogen-bond donors (Lipinski definition) is 0. The minimum absolute atomic E-state index is 0.0801. The molecule has 0 radical (unpaired) electrons. The summed E-state index contributed by atoms with van der Waals surface area (Å²) >= 11 is 11.9. The monoisotopic (exact) mass is 372 g/mol. The Kier molecular flexibility index (Phi) is 4.72. The van der Waals surface area contributed by atoms with E-state index in [2.05, 4.69) is 9.97 Å². The van der Waals surface area contributed by atoms with Crippen molar-refractivity contribution >= 4 is 39.0 Å². The second-order valence-corrected chi connectivity index (χ2v) is 7.78. The summed E-state index contributed by atoms with van der Waals surface area (Å²) in [6.07, 6.45) is 4.89. The predicted octanol–water partition coefficient (Wildman–Crippen LogP) is 2.29. The fraction of sp³-hybridized carbons (Fsp3) is 0.286. The van der Waals surface area contributed by atoms with Crippen LogP contribution in [-0.2, 0) is 10.0 Å². The Morgan fingerprint density at radius 2 is 1.78 bits per heavy atom. The highest BCUT2D eigenvalue weighted by Gasteiger charge is 2.30. The molecule has 6 nitrogen and oxygen atoms in total. The number of hydrogen-bond acceptors (Lipinski definition) is 5. The predicted molar refractivity (Wildman–Crippen MR) is 89.5 cm³/mol. The van der Waals surface area contributed by atoms with Gasteiger partial charge in [0.15, 0.2) is 0 Å². The van der Waals surface area contributed by atoms with Crippen molar-refractivity contribution in [3.05, 3.63) is 46.8 Å². The molecule has 0 amide bonds. The maximum absolute atomic E-state index is 12.7. The van der Waals surface area contributed by atoms with Crippen molar-refractivity contribution in [3.8, 4) is 0 Å². The van der Waals surface area contributed by atoms with E-state index in [0.29, 0.717) is 31.2 Å². The van der Waals surface area contributed by atoms with Crippen LogP contribution in [0.3, 0.4) is 0 Å². The molecule has 1 aromatic carbocycles. The number of nitrogens with zero attached hydrogens (tertiary/aromatic N) is 4. The third kappa shape index (κ3) is 3.42. The van der Waals surface area contributed by atoms with E-state index in [1.807, 2.05) is 4.90 Å². The van der Waals surface area contributed by atoms with Crippen molar-refractivity contribution in [2.24, 2.45) is 0 Å². The Morgan fingerprint density at radius 3 is 2.39 bits per heavy atom. The molecule has 1 aromatic heterocycles. The van der Waals surface area contributed by atoms with Crippen LogP contribution in [0.1, 0.15) is 0 Å². The lowest BCUT2D eigenvalue weighted by atomic mass is 10.3. The molecule has 3 rings (SSSR count). The lowest BCUT2D eigenvalue weighted by Gasteiger charge is -2.34. The average molecular weight is 373 g/mol. The first-order chi connectivity index (χ1) is 11.0. The number of aromatic nitrogens is 2. The summed E-state index contributed by atoms with van der Waals surface area (Å²) in [5.41, 5.74) is 0. The van der Waals surface area contributed by atoms with Crippen molar-refractivity contribution in [2.45, 2.75) is 4.90 Å². The molecule has 1 saturated heterocycles. The summed E-state index contributed by atoms with van der Waals surface area (Å²) in [7, 11) is -3.64. The van der Waals surface area contributed by atoms with Crippen LogP contribution in [0.15, 0.2) is 41.7 Å². The van der Waals surface area contributed by atoms with E-state index >= 15 is 0 Å². The SMILES string of the molecule is O=S(=O)(c1ccc(Cl)cc1Cl)N1CCN(c2cnccn2)CC1. The van der Waals surface area contributed by atoms with Gasteiger partial charge in [-0.25, -0.2) is 13.4 Å². The third-order valence-corrected chi connectivity index (χ3v) is 6.24. The standard InChI is InChI=1S/C14H14Cl2N4O2S/c15-11-1-2-13(12(16)9-11)23(21,22)20-7-5-19(6-8-20)14-10-17-3-4-18-14/h1-4,9-10H,5-8H2. The van der Waals surface area contributed by atoms with E-state index < -0.39 is 10.0 Å². The van der Waals surface area contributed by atoms with Gasteiger partial charge in [0.1, 0.15) is 10.7 Å². The second-order valence-electron chi connectivity index (χ2n) is 5.03. The average Bonchev–Trinajstić information content (AvgIpc) is 2.55. The molecule has 0 aliphatic carbocycles. The fourth-order valence-electron chi connectivity index (χ4n) is 2.44. The molecule has 0 saturated carbocycles. The topological polar surface area (TPSA) is 66.4 Å². The van der Waals surface area contributed by atoms with Crippen LogP contribution in [0, 0.1) is 0 Å². The summed E-state index contributed by atoms with van der Waals surface area (Å²) in [4.78, 5) is 10.3. The molecule has 122 valence electrons. The van der Waals surface area contributed by atoms with E-state index in [0.717, 1.165) is 5.82 Å². The molecule has 2 aromatic rings. The number of sulfonamides is 1. The Balaban J connectivity index is 1.76. The van der Waals surface area contributed by atoms with Gasteiger partial charge in [-0.15, -0.1) is 0 Å². The van der Waals surface area contributed by atoms with Gasteiger partial charge in [0.05, 0.1) is 11.2 Å². The number of piperazine rings is 1. The van der Waals surface area contributed by atoms with Crippen LogP contribution in [0.25, 0.3) is 0 Å². The molecule has 9 heteroatoms. The first kappa shape index (κ1) is 16.4. The Hall–Kier alpha value is -1.41. The van der Waals surface area contributed by atoms with E-state index in [9.17, 15) is 8.42 Å². The minimum atomic E-state index is -3.64. The third-order valence-electron chi connectivity index (χ3n) is 3.62. The zero-order valence-electron chi connectivity index (χ0n) is 12.1. The molecular weight excluding hydrogens is 359 g/mol. The van der Waals surface area contributed by atoms with Gasteiger partial charge in [-0.05, 0) is 18.2 Å². The van der Waals surface area contributed by atoms with Crippen molar-refractivity contribution in [3.63, 3.8) is 0 Å². The van der Waals surface area contributed by atoms with E-state index in [-0.39, 0.29) is 9.92 Å². The van der Waals surface area contributed by atoms with Gasteiger partial charge in [-0.2, -0.15) is 4.31 Å². The van der Waals surface area contributed by atoms with Crippen molar-refractivity contribution in [1.29, 1.82) is 0 Å². The van der Waals surface area contributed by atoms with Gasteiger partial charge in [0.25, 0.3) is 0 Å². The minimum Gasteiger partial charge on any atom is -0.353 e. The van der Waals surface area contributed by atoms with Gasteiger partial charge in [-0.3, -0.25) is 4.98 Å². The zero-order chi connectivity index (χ0) is 16.4. The highest BCUT2D eigenvalue weighted by Crippen LogP contribution is 2.28. The summed E-state index contributed by atoms with van der Waals surface area (Å²) in [5.74, 6) is 0.745. The maximum atomic E-state index is 12.7. The second kappa shape index (κ2) is 6.60. The molecule has 0 unspecified atom stereocenters. The largest absolute Gasteiger partial charge is 0.353 e. The molecule has 1 fully saturated rings. The summed E-state index contributed by atoms with van der Waals surface area (Å²) in [6.45, 7) is 1.81. The summed E-state index contributed by atoms with van der Waals surface area (Å²) in [6, 6.07) is 4.40. The quantitative estimate of drug-likeness (QED) is 0.826. The summed E-state index contributed by atoms with van der Waals surface area (Å²) < 4.78 is 26.9. The molecule has 0 N–H and O–H groups in total. The fourth-order valence-corrected chi connectivity index (χ4v) is 4.60. The van der Waals surface area contributed by atoms with Crippen LogP contribution in [0.2, 0.25) is 10.0 Å². The van der Waals surface area contributed by atoms with Gasteiger partial charge in [-0.1, -0.05) is 23.2 Å². The normalized spacial score (nSPS) is 16.5. The van der Waals surface area contributed by atoms with E-state index in [1.165, 1.54) is 22.5 Å². The number of halogens is 2. The highest BCUT2D eigenvalue weighted by molar-refractivity contribution is 7.89.